The minimum Gasteiger partial charge on any atom is -0.382 e. The minimum atomic E-state index is 0.540. The van der Waals surface area contributed by atoms with Crippen LogP contribution in [0, 0.1) is 6.92 Å². The number of hydrogen-bond acceptors (Lipinski definition) is 5. The summed E-state index contributed by atoms with van der Waals surface area (Å²) >= 11 is 1.69. The van der Waals surface area contributed by atoms with Crippen molar-refractivity contribution in [1.29, 1.82) is 0 Å². The van der Waals surface area contributed by atoms with Gasteiger partial charge in [-0.05, 0) is 19.1 Å². The maximum Gasteiger partial charge on any atom is 0.146 e. The van der Waals surface area contributed by atoms with Gasteiger partial charge in [0.25, 0.3) is 0 Å². The highest BCUT2D eigenvalue weighted by molar-refractivity contribution is 7.09. The van der Waals surface area contributed by atoms with Crippen LogP contribution in [0.1, 0.15) is 10.7 Å². The van der Waals surface area contributed by atoms with E-state index in [1.54, 1.807) is 17.5 Å². The van der Waals surface area contributed by atoms with Crippen molar-refractivity contribution in [2.45, 2.75) is 13.3 Å². The summed E-state index contributed by atoms with van der Waals surface area (Å²) in [6, 6.07) is 3.79. The number of anilines is 2. The second kappa shape index (κ2) is 4.94. The van der Waals surface area contributed by atoms with E-state index in [2.05, 4.69) is 20.7 Å². The van der Waals surface area contributed by atoms with Gasteiger partial charge in [0.05, 0.1) is 10.7 Å². The van der Waals surface area contributed by atoms with Crippen molar-refractivity contribution in [2.75, 3.05) is 17.6 Å². The van der Waals surface area contributed by atoms with Crippen molar-refractivity contribution in [3.05, 3.63) is 34.4 Å². The number of nitrogens with two attached hydrogens (primary N) is 1. The molecule has 0 aliphatic rings. The van der Waals surface area contributed by atoms with E-state index in [0.29, 0.717) is 5.82 Å². The van der Waals surface area contributed by atoms with E-state index < -0.39 is 0 Å². The highest BCUT2D eigenvalue weighted by Crippen LogP contribution is 2.14. The Morgan fingerprint density at radius 3 is 3.06 bits per heavy atom. The Morgan fingerprint density at radius 1 is 1.50 bits per heavy atom. The topological polar surface area (TPSA) is 63.8 Å². The van der Waals surface area contributed by atoms with Crippen LogP contribution in [0.25, 0.3) is 0 Å². The summed E-state index contributed by atoms with van der Waals surface area (Å²) in [5.41, 5.74) is 7.69. The van der Waals surface area contributed by atoms with E-state index in [-0.39, 0.29) is 0 Å². The maximum absolute atomic E-state index is 5.72. The molecule has 0 amide bonds. The van der Waals surface area contributed by atoms with Crippen molar-refractivity contribution >= 4 is 22.8 Å². The van der Waals surface area contributed by atoms with Crippen molar-refractivity contribution in [1.82, 2.24) is 9.97 Å². The number of rotatable bonds is 4. The standard InChI is InChI=1S/C11H14N4S/c1-8-7-16-10(15-8)4-6-13-9-3-2-5-14-11(9)12/h2-3,5,7,13H,4,6H2,1H3,(H2,12,14). The fourth-order valence-corrected chi connectivity index (χ4v) is 2.16. The van der Waals surface area contributed by atoms with Crippen LogP contribution in [0.5, 0.6) is 0 Å². The van der Waals surface area contributed by atoms with E-state index in [1.807, 2.05) is 19.1 Å². The summed E-state index contributed by atoms with van der Waals surface area (Å²) in [6.07, 6.45) is 2.59. The van der Waals surface area contributed by atoms with Crippen LogP contribution in [-0.2, 0) is 6.42 Å². The molecule has 84 valence electrons. The summed E-state index contributed by atoms with van der Waals surface area (Å²) in [7, 11) is 0. The second-order valence-electron chi connectivity index (χ2n) is 3.50. The predicted molar refractivity (Wildman–Crippen MR) is 67.7 cm³/mol. The first-order valence-corrected chi connectivity index (χ1v) is 5.99. The zero-order valence-corrected chi connectivity index (χ0v) is 9.92. The van der Waals surface area contributed by atoms with Gasteiger partial charge in [-0.2, -0.15) is 0 Å². The third-order valence-electron chi connectivity index (χ3n) is 2.16. The Labute approximate surface area is 98.6 Å². The van der Waals surface area contributed by atoms with E-state index >= 15 is 0 Å². The molecule has 2 aromatic heterocycles. The van der Waals surface area contributed by atoms with Gasteiger partial charge >= 0.3 is 0 Å². The van der Waals surface area contributed by atoms with Gasteiger partial charge in [-0.15, -0.1) is 11.3 Å². The molecule has 0 radical (unpaired) electrons. The van der Waals surface area contributed by atoms with E-state index in [0.717, 1.165) is 29.4 Å². The molecule has 0 bridgehead atoms. The summed E-state index contributed by atoms with van der Waals surface area (Å²) < 4.78 is 0. The van der Waals surface area contributed by atoms with Crippen molar-refractivity contribution in [2.24, 2.45) is 0 Å². The van der Waals surface area contributed by atoms with Crippen LogP contribution in [0.4, 0.5) is 11.5 Å². The lowest BCUT2D eigenvalue weighted by molar-refractivity contribution is 0.986. The zero-order chi connectivity index (χ0) is 11.4. The number of pyridine rings is 1. The highest BCUT2D eigenvalue weighted by atomic mass is 32.1. The largest absolute Gasteiger partial charge is 0.382 e. The normalized spacial score (nSPS) is 10.3. The van der Waals surface area contributed by atoms with Crippen LogP contribution in [0.2, 0.25) is 0 Å². The van der Waals surface area contributed by atoms with Crippen LogP contribution < -0.4 is 11.1 Å². The number of aromatic nitrogens is 2. The fraction of sp³-hybridized carbons (Fsp3) is 0.273. The molecule has 16 heavy (non-hydrogen) atoms. The Kier molecular flexibility index (Phi) is 3.36. The molecule has 0 saturated heterocycles. The van der Waals surface area contributed by atoms with Crippen molar-refractivity contribution in [3.8, 4) is 0 Å². The molecule has 2 rings (SSSR count). The van der Waals surface area contributed by atoms with Gasteiger partial charge in [-0.3, -0.25) is 0 Å². The molecule has 0 aliphatic carbocycles. The molecule has 3 N–H and O–H groups in total. The Bertz CT molecular complexity index is 467. The van der Waals surface area contributed by atoms with Crippen LogP contribution in [-0.4, -0.2) is 16.5 Å². The van der Waals surface area contributed by atoms with Crippen LogP contribution >= 0.6 is 11.3 Å². The fourth-order valence-electron chi connectivity index (χ4n) is 1.39. The van der Waals surface area contributed by atoms with Crippen molar-refractivity contribution in [3.63, 3.8) is 0 Å². The SMILES string of the molecule is Cc1csc(CCNc2cccnc2N)n1. The van der Waals surface area contributed by atoms with E-state index in [9.17, 15) is 0 Å². The Balaban J connectivity index is 1.87. The monoisotopic (exact) mass is 234 g/mol. The van der Waals surface area contributed by atoms with Crippen LogP contribution in [0.15, 0.2) is 23.7 Å². The number of nitrogen functional groups attached to an aromatic ring is 1. The molecule has 0 atom stereocenters. The molecular formula is C11H14N4S. The van der Waals surface area contributed by atoms with Gasteiger partial charge in [0.2, 0.25) is 0 Å². The van der Waals surface area contributed by atoms with Gasteiger partial charge < -0.3 is 11.1 Å². The third kappa shape index (κ3) is 2.70. The predicted octanol–water partition coefficient (Wildman–Crippen LogP) is 2.08. The highest BCUT2D eigenvalue weighted by Gasteiger charge is 2.00. The second-order valence-corrected chi connectivity index (χ2v) is 4.44. The lowest BCUT2D eigenvalue weighted by Gasteiger charge is -2.06. The lowest BCUT2D eigenvalue weighted by Crippen LogP contribution is -2.07. The summed E-state index contributed by atoms with van der Waals surface area (Å²) in [6.45, 7) is 2.83. The first kappa shape index (κ1) is 10.9. The molecule has 0 aromatic carbocycles. The maximum atomic E-state index is 5.72. The first-order chi connectivity index (χ1) is 7.75. The Morgan fingerprint density at radius 2 is 2.38 bits per heavy atom. The molecule has 0 fully saturated rings. The average molecular weight is 234 g/mol. The molecule has 0 aliphatic heterocycles. The first-order valence-electron chi connectivity index (χ1n) is 5.11. The molecule has 0 saturated carbocycles. The summed E-state index contributed by atoms with van der Waals surface area (Å²) in [5.74, 6) is 0.540. The molecule has 0 unspecified atom stereocenters. The summed E-state index contributed by atoms with van der Waals surface area (Å²) in [5, 5.41) is 6.46. The van der Waals surface area contributed by atoms with Gasteiger partial charge in [0.15, 0.2) is 0 Å². The average Bonchev–Trinajstić information content (AvgIpc) is 2.67. The lowest BCUT2D eigenvalue weighted by atomic mass is 10.3. The third-order valence-corrected chi connectivity index (χ3v) is 3.19. The van der Waals surface area contributed by atoms with Crippen LogP contribution in [0.3, 0.4) is 0 Å². The van der Waals surface area contributed by atoms with Gasteiger partial charge in [0.1, 0.15) is 5.82 Å². The Hall–Kier alpha value is -1.62. The van der Waals surface area contributed by atoms with Gasteiger partial charge in [-0.25, -0.2) is 9.97 Å². The number of nitrogens with zero attached hydrogens (tertiary/aromatic N) is 2. The molecule has 2 aromatic rings. The smallest absolute Gasteiger partial charge is 0.146 e. The van der Waals surface area contributed by atoms with E-state index in [1.165, 1.54) is 0 Å². The van der Waals surface area contributed by atoms with Gasteiger partial charge in [-0.1, -0.05) is 0 Å². The minimum absolute atomic E-state index is 0.540. The summed E-state index contributed by atoms with van der Waals surface area (Å²) in [4.78, 5) is 8.41. The molecular weight excluding hydrogens is 220 g/mol. The quantitative estimate of drug-likeness (QED) is 0.850. The number of thiazole rings is 1. The van der Waals surface area contributed by atoms with Gasteiger partial charge in [0, 0.05) is 30.2 Å². The zero-order valence-electron chi connectivity index (χ0n) is 9.10. The van der Waals surface area contributed by atoms with Crippen molar-refractivity contribution < 1.29 is 0 Å². The molecule has 0 spiro atoms. The number of nitrogens with one attached hydrogen (secondary N) is 1. The molecule has 2 heterocycles. The molecule has 5 heteroatoms. The van der Waals surface area contributed by atoms with E-state index in [4.69, 9.17) is 5.73 Å². The number of aryl methyl sites for hydroxylation is 1. The number of hydrogen-bond donors (Lipinski definition) is 2. The molecule has 4 nitrogen and oxygen atoms in total.